The first kappa shape index (κ1) is 20.1. The summed E-state index contributed by atoms with van der Waals surface area (Å²) in [6.45, 7) is 4.46. The molecule has 0 radical (unpaired) electrons. The van der Waals surface area contributed by atoms with Crippen molar-refractivity contribution < 1.29 is 24.0 Å². The van der Waals surface area contributed by atoms with E-state index >= 15 is 0 Å². The molecule has 0 aliphatic carbocycles. The second kappa shape index (κ2) is 9.52. The van der Waals surface area contributed by atoms with Crippen LogP contribution in [-0.2, 0) is 20.7 Å². The number of carbonyl (C=O) groups excluding carboxylic acids is 1. The second-order valence-electron chi connectivity index (χ2n) is 7.15. The third kappa shape index (κ3) is 5.67. The van der Waals surface area contributed by atoms with Gasteiger partial charge in [-0.15, -0.1) is 0 Å². The number of piperidine rings is 1. The van der Waals surface area contributed by atoms with Gasteiger partial charge in [0.2, 0.25) is 5.91 Å². The van der Waals surface area contributed by atoms with Crippen molar-refractivity contribution in [1.82, 2.24) is 15.0 Å². The highest BCUT2D eigenvalue weighted by atomic mass is 35.5. The average molecular weight is 400 g/mol. The van der Waals surface area contributed by atoms with Crippen molar-refractivity contribution in [2.24, 2.45) is 5.92 Å². The van der Waals surface area contributed by atoms with Crippen LogP contribution in [0.4, 0.5) is 0 Å². The van der Waals surface area contributed by atoms with E-state index in [-0.39, 0.29) is 23.4 Å². The molecule has 1 N–H and O–H groups in total. The fourth-order valence-electron chi connectivity index (χ4n) is 4.02. The van der Waals surface area contributed by atoms with Crippen LogP contribution in [0.5, 0.6) is 0 Å². The van der Waals surface area contributed by atoms with E-state index in [0.29, 0.717) is 57.4 Å². The zero-order chi connectivity index (χ0) is 19.2. The molecule has 1 amide bonds. The Kier molecular flexibility index (Phi) is 7.09. The van der Waals surface area contributed by atoms with E-state index in [4.69, 9.17) is 26.0 Å². The lowest BCUT2D eigenvalue weighted by atomic mass is 9.86. The zero-order valence-electron chi connectivity index (χ0n) is 15.3. The van der Waals surface area contributed by atoms with Gasteiger partial charge in [-0.3, -0.25) is 14.5 Å². The molecule has 1 aromatic heterocycles. The zero-order valence-corrected chi connectivity index (χ0v) is 16.1. The van der Waals surface area contributed by atoms with Gasteiger partial charge >= 0.3 is 5.97 Å². The number of aryl methyl sites for hydroxylation is 1. The number of ether oxygens (including phenoxy) is 1. The summed E-state index contributed by atoms with van der Waals surface area (Å²) in [7, 11) is 0. The topological polar surface area (TPSA) is 96.1 Å². The van der Waals surface area contributed by atoms with Gasteiger partial charge in [0.05, 0.1) is 13.2 Å². The Balaban J connectivity index is 1.57. The van der Waals surface area contributed by atoms with Gasteiger partial charge in [-0.2, -0.15) is 0 Å². The van der Waals surface area contributed by atoms with Crippen molar-refractivity contribution in [3.8, 4) is 0 Å². The van der Waals surface area contributed by atoms with E-state index in [1.807, 2.05) is 4.90 Å². The number of amides is 1. The lowest BCUT2D eigenvalue weighted by Gasteiger charge is -2.45. The first-order chi connectivity index (χ1) is 13.0. The van der Waals surface area contributed by atoms with E-state index in [2.05, 4.69) is 10.1 Å². The molecular weight excluding hydrogens is 374 g/mol. The highest BCUT2D eigenvalue weighted by Crippen LogP contribution is 2.27. The maximum atomic E-state index is 12.6. The predicted octanol–water partition coefficient (Wildman–Crippen LogP) is 1.67. The fourth-order valence-corrected chi connectivity index (χ4v) is 4.18. The molecule has 0 aromatic carbocycles. The largest absolute Gasteiger partial charge is 0.481 e. The molecule has 3 rings (SSSR count). The van der Waals surface area contributed by atoms with Crippen LogP contribution in [0, 0.1) is 5.92 Å². The summed E-state index contributed by atoms with van der Waals surface area (Å²) >= 11 is 5.73. The van der Waals surface area contributed by atoms with Gasteiger partial charge in [-0.05, 0) is 18.8 Å². The fraction of sp³-hybridized carbons (Fsp3) is 0.722. The molecule has 0 bridgehead atoms. The Bertz CT molecular complexity index is 647. The maximum Gasteiger partial charge on any atom is 0.303 e. The molecular formula is C18H26ClN3O5. The summed E-state index contributed by atoms with van der Waals surface area (Å²) in [5, 5.41) is 13.0. The van der Waals surface area contributed by atoms with Gasteiger partial charge in [0.15, 0.2) is 5.15 Å². The summed E-state index contributed by atoms with van der Waals surface area (Å²) in [6, 6.07) is 1.93. The number of aliphatic carboxylic acids is 1. The molecule has 0 unspecified atom stereocenters. The summed E-state index contributed by atoms with van der Waals surface area (Å²) in [4.78, 5) is 27.9. The highest BCUT2D eigenvalue weighted by molar-refractivity contribution is 6.29. The number of hydrogen-bond acceptors (Lipinski definition) is 6. The van der Waals surface area contributed by atoms with Gasteiger partial charge in [-0.25, -0.2) is 0 Å². The van der Waals surface area contributed by atoms with E-state index in [1.165, 1.54) is 0 Å². The smallest absolute Gasteiger partial charge is 0.303 e. The number of hydrogen-bond donors (Lipinski definition) is 1. The van der Waals surface area contributed by atoms with Crippen molar-refractivity contribution in [3.63, 3.8) is 0 Å². The van der Waals surface area contributed by atoms with E-state index in [1.54, 1.807) is 6.07 Å². The molecule has 1 aromatic rings. The van der Waals surface area contributed by atoms with Gasteiger partial charge in [0, 0.05) is 57.5 Å². The molecule has 9 heteroatoms. The molecule has 27 heavy (non-hydrogen) atoms. The van der Waals surface area contributed by atoms with E-state index in [9.17, 15) is 9.59 Å². The minimum Gasteiger partial charge on any atom is -0.481 e. The highest BCUT2D eigenvalue weighted by Gasteiger charge is 2.35. The molecule has 3 heterocycles. The van der Waals surface area contributed by atoms with Crippen molar-refractivity contribution >= 4 is 23.5 Å². The lowest BCUT2D eigenvalue weighted by Crippen LogP contribution is -2.55. The van der Waals surface area contributed by atoms with E-state index < -0.39 is 5.97 Å². The minimum atomic E-state index is -0.790. The Morgan fingerprint density at radius 1 is 1.26 bits per heavy atom. The second-order valence-corrected chi connectivity index (χ2v) is 7.54. The van der Waals surface area contributed by atoms with Crippen molar-refractivity contribution in [2.45, 2.75) is 38.1 Å². The molecule has 8 nitrogen and oxygen atoms in total. The Hall–Kier alpha value is -1.64. The molecule has 0 saturated carbocycles. The number of rotatable bonds is 7. The number of morpholine rings is 1. The van der Waals surface area contributed by atoms with Crippen LogP contribution >= 0.6 is 11.6 Å². The molecule has 2 fully saturated rings. The van der Waals surface area contributed by atoms with Crippen LogP contribution in [0.15, 0.2) is 10.6 Å². The molecule has 150 valence electrons. The number of carboxylic acids is 1. The maximum absolute atomic E-state index is 12.6. The van der Waals surface area contributed by atoms with Crippen molar-refractivity contribution in [1.29, 1.82) is 0 Å². The number of halogens is 1. The van der Waals surface area contributed by atoms with Crippen LogP contribution in [0.3, 0.4) is 0 Å². The standard InChI is InChI=1S/C18H26ClN3O5/c19-16-11-14(27-20-16)2-3-17(23)22-6-5-15(21-7-9-26-10-8-21)13(12-22)1-4-18(24)25/h11,13,15H,1-10,12H2,(H,24,25)/t13-,15+/m1/s1. The molecule has 0 spiro atoms. The number of carbonyl (C=O) groups is 2. The molecule has 2 aliphatic heterocycles. The van der Waals surface area contributed by atoms with Crippen LogP contribution in [0.25, 0.3) is 0 Å². The minimum absolute atomic E-state index is 0.0586. The summed E-state index contributed by atoms with van der Waals surface area (Å²) in [5.41, 5.74) is 0. The SMILES string of the molecule is O=C(O)CC[C@@H]1CN(C(=O)CCc2cc(Cl)no2)CC[C@@H]1N1CCOCC1. The average Bonchev–Trinajstić information content (AvgIpc) is 3.10. The normalized spacial score (nSPS) is 24.1. The first-order valence-electron chi connectivity index (χ1n) is 9.45. The monoisotopic (exact) mass is 399 g/mol. The van der Waals surface area contributed by atoms with Crippen molar-refractivity contribution in [2.75, 3.05) is 39.4 Å². The third-order valence-electron chi connectivity index (χ3n) is 5.41. The Morgan fingerprint density at radius 2 is 2.04 bits per heavy atom. The number of carboxylic acid groups (broad SMARTS) is 1. The molecule has 2 atom stereocenters. The first-order valence-corrected chi connectivity index (χ1v) is 9.83. The number of nitrogens with zero attached hydrogens (tertiary/aromatic N) is 3. The van der Waals surface area contributed by atoms with Crippen LogP contribution < -0.4 is 0 Å². The predicted molar refractivity (Wildman–Crippen MR) is 97.6 cm³/mol. The van der Waals surface area contributed by atoms with Crippen LogP contribution in [0.2, 0.25) is 5.15 Å². The quantitative estimate of drug-likeness (QED) is 0.744. The number of likely N-dealkylation sites (tertiary alicyclic amines) is 1. The number of aromatic nitrogens is 1. The van der Waals surface area contributed by atoms with Crippen LogP contribution in [-0.4, -0.2) is 77.4 Å². The summed E-state index contributed by atoms with van der Waals surface area (Å²) in [5.74, 6) is 0.0280. The Labute approximate surface area is 163 Å². The lowest BCUT2D eigenvalue weighted by molar-refractivity contribution is -0.138. The summed E-state index contributed by atoms with van der Waals surface area (Å²) < 4.78 is 10.5. The van der Waals surface area contributed by atoms with Crippen LogP contribution in [0.1, 0.15) is 31.4 Å². The van der Waals surface area contributed by atoms with Gasteiger partial charge in [0.1, 0.15) is 5.76 Å². The molecule has 2 aliphatic rings. The Morgan fingerprint density at radius 3 is 2.70 bits per heavy atom. The van der Waals surface area contributed by atoms with Crippen molar-refractivity contribution in [3.05, 3.63) is 17.0 Å². The summed E-state index contributed by atoms with van der Waals surface area (Å²) in [6.07, 6.45) is 2.37. The third-order valence-corrected chi connectivity index (χ3v) is 5.58. The van der Waals surface area contributed by atoms with Gasteiger partial charge in [0.25, 0.3) is 0 Å². The van der Waals surface area contributed by atoms with Gasteiger partial charge in [-0.1, -0.05) is 16.8 Å². The van der Waals surface area contributed by atoms with E-state index in [0.717, 1.165) is 19.5 Å². The van der Waals surface area contributed by atoms with Gasteiger partial charge < -0.3 is 19.3 Å². The molecule has 2 saturated heterocycles.